The number of anilines is 1. The molecule has 1 atom stereocenters. The Hall–Kier alpha value is -3.20. The van der Waals surface area contributed by atoms with Crippen LogP contribution in [0.15, 0.2) is 53.5 Å². The lowest BCUT2D eigenvalue weighted by atomic mass is 9.91. The van der Waals surface area contributed by atoms with Crippen molar-refractivity contribution in [3.63, 3.8) is 0 Å². The zero-order chi connectivity index (χ0) is 19.8. The summed E-state index contributed by atoms with van der Waals surface area (Å²) in [5.41, 5.74) is 3.41. The Morgan fingerprint density at radius 2 is 2.07 bits per heavy atom. The fraction of sp³-hybridized carbons (Fsp3) is 0.318. The smallest absolute Gasteiger partial charge is 0.319 e. The normalized spacial score (nSPS) is 15.6. The molecule has 0 aromatic heterocycles. The van der Waals surface area contributed by atoms with Crippen LogP contribution in [0.5, 0.6) is 0 Å². The number of amides is 2. The predicted octanol–water partition coefficient (Wildman–Crippen LogP) is 4.30. The summed E-state index contributed by atoms with van der Waals surface area (Å²) in [6.45, 7) is 1.39. The topological polar surface area (TPSA) is 77.3 Å². The van der Waals surface area contributed by atoms with Crippen molar-refractivity contribution in [3.05, 3.63) is 65.5 Å². The van der Waals surface area contributed by atoms with E-state index < -0.39 is 0 Å². The first-order chi connectivity index (χ1) is 13.6. The third-order valence-electron chi connectivity index (χ3n) is 4.80. The van der Waals surface area contributed by atoms with E-state index in [1.165, 1.54) is 17.8 Å². The summed E-state index contributed by atoms with van der Waals surface area (Å²) in [6.07, 6.45) is 3.55. The van der Waals surface area contributed by atoms with E-state index in [-0.39, 0.29) is 11.8 Å². The van der Waals surface area contributed by atoms with Gasteiger partial charge in [-0.15, -0.1) is 0 Å². The zero-order valence-electron chi connectivity index (χ0n) is 15.6. The van der Waals surface area contributed by atoms with Crippen LogP contribution in [0.1, 0.15) is 30.4 Å². The number of benzene rings is 2. The van der Waals surface area contributed by atoms with Gasteiger partial charge in [-0.1, -0.05) is 18.2 Å². The molecule has 1 heterocycles. The van der Waals surface area contributed by atoms with Gasteiger partial charge in [0, 0.05) is 30.4 Å². The van der Waals surface area contributed by atoms with Crippen LogP contribution in [0, 0.1) is 23.1 Å². The first-order valence-corrected chi connectivity index (χ1v) is 9.47. The number of urea groups is 1. The number of aliphatic imine (C=N–C) groups is 1. The minimum atomic E-state index is -0.286. The molecule has 0 aliphatic carbocycles. The van der Waals surface area contributed by atoms with Gasteiger partial charge in [0.05, 0.1) is 11.6 Å². The molecule has 6 heteroatoms. The quantitative estimate of drug-likeness (QED) is 0.705. The van der Waals surface area contributed by atoms with Gasteiger partial charge >= 0.3 is 6.03 Å². The van der Waals surface area contributed by atoms with E-state index in [0.717, 1.165) is 37.8 Å². The maximum atomic E-state index is 13.0. The summed E-state index contributed by atoms with van der Waals surface area (Å²) in [4.78, 5) is 16.6. The SMILES string of the molecule is N#Cc1cccc(NC(=O)NCCCC2=NCCC2Cc2ccc(F)cc2)c1. The van der Waals surface area contributed by atoms with E-state index in [2.05, 4.69) is 15.6 Å². The molecule has 0 saturated heterocycles. The lowest BCUT2D eigenvalue weighted by Crippen LogP contribution is -2.30. The lowest BCUT2D eigenvalue weighted by molar-refractivity contribution is 0.252. The second-order valence-electron chi connectivity index (χ2n) is 6.87. The highest BCUT2D eigenvalue weighted by Crippen LogP contribution is 2.22. The fourth-order valence-corrected chi connectivity index (χ4v) is 3.38. The van der Waals surface area contributed by atoms with E-state index in [4.69, 9.17) is 5.26 Å². The van der Waals surface area contributed by atoms with Crippen LogP contribution in [0.25, 0.3) is 0 Å². The largest absolute Gasteiger partial charge is 0.338 e. The number of hydrogen-bond donors (Lipinski definition) is 2. The van der Waals surface area contributed by atoms with Gasteiger partial charge in [0.15, 0.2) is 0 Å². The molecule has 0 radical (unpaired) electrons. The Kier molecular flexibility index (Phi) is 6.74. The minimum absolute atomic E-state index is 0.215. The molecule has 2 N–H and O–H groups in total. The molecule has 2 aromatic carbocycles. The molecule has 3 rings (SSSR count). The number of nitriles is 1. The molecule has 1 unspecified atom stereocenters. The van der Waals surface area contributed by atoms with Gasteiger partial charge in [0.2, 0.25) is 0 Å². The molecule has 0 saturated carbocycles. The number of nitrogens with zero attached hydrogens (tertiary/aromatic N) is 2. The minimum Gasteiger partial charge on any atom is -0.338 e. The van der Waals surface area contributed by atoms with Crippen LogP contribution in [-0.2, 0) is 6.42 Å². The van der Waals surface area contributed by atoms with Crippen LogP contribution in [0.4, 0.5) is 14.9 Å². The van der Waals surface area contributed by atoms with Crippen LogP contribution in [-0.4, -0.2) is 24.8 Å². The zero-order valence-corrected chi connectivity index (χ0v) is 15.6. The fourth-order valence-electron chi connectivity index (χ4n) is 3.38. The average molecular weight is 378 g/mol. The van der Waals surface area contributed by atoms with Crippen LogP contribution < -0.4 is 10.6 Å². The molecule has 0 spiro atoms. The second kappa shape index (κ2) is 9.65. The van der Waals surface area contributed by atoms with Crippen molar-refractivity contribution < 1.29 is 9.18 Å². The summed E-state index contributed by atoms with van der Waals surface area (Å²) in [5.74, 6) is 0.181. The summed E-state index contributed by atoms with van der Waals surface area (Å²) < 4.78 is 13.0. The molecule has 28 heavy (non-hydrogen) atoms. The molecule has 1 aliphatic heterocycles. The molecular formula is C22H23FN4O. The first kappa shape index (κ1) is 19.6. The number of nitrogens with one attached hydrogen (secondary N) is 2. The van der Waals surface area contributed by atoms with Crippen molar-refractivity contribution >= 4 is 17.4 Å². The summed E-state index contributed by atoms with van der Waals surface area (Å²) in [7, 11) is 0. The summed E-state index contributed by atoms with van der Waals surface area (Å²) in [6, 6.07) is 15.2. The predicted molar refractivity (Wildman–Crippen MR) is 108 cm³/mol. The number of rotatable bonds is 7. The van der Waals surface area contributed by atoms with Crippen molar-refractivity contribution in [2.24, 2.45) is 10.9 Å². The summed E-state index contributed by atoms with van der Waals surface area (Å²) >= 11 is 0. The van der Waals surface area contributed by atoms with Crippen molar-refractivity contribution in [1.82, 2.24) is 5.32 Å². The van der Waals surface area contributed by atoms with E-state index in [0.29, 0.717) is 23.7 Å². The van der Waals surface area contributed by atoms with Crippen molar-refractivity contribution in [1.29, 1.82) is 5.26 Å². The molecule has 2 aromatic rings. The van der Waals surface area contributed by atoms with Gasteiger partial charge in [0.25, 0.3) is 0 Å². The molecule has 0 fully saturated rings. The highest BCUT2D eigenvalue weighted by atomic mass is 19.1. The Morgan fingerprint density at radius 3 is 2.86 bits per heavy atom. The van der Waals surface area contributed by atoms with E-state index >= 15 is 0 Å². The third kappa shape index (κ3) is 5.65. The molecule has 144 valence electrons. The maximum absolute atomic E-state index is 13.0. The number of hydrogen-bond acceptors (Lipinski definition) is 3. The highest BCUT2D eigenvalue weighted by molar-refractivity contribution is 5.90. The average Bonchev–Trinajstić information content (AvgIpc) is 3.14. The van der Waals surface area contributed by atoms with E-state index in [1.54, 1.807) is 24.3 Å². The van der Waals surface area contributed by atoms with E-state index in [9.17, 15) is 9.18 Å². The maximum Gasteiger partial charge on any atom is 0.319 e. The third-order valence-corrected chi connectivity index (χ3v) is 4.80. The molecule has 5 nitrogen and oxygen atoms in total. The number of halogens is 1. The van der Waals surface area contributed by atoms with Gasteiger partial charge in [-0.2, -0.15) is 5.26 Å². The van der Waals surface area contributed by atoms with Crippen LogP contribution >= 0.6 is 0 Å². The second-order valence-corrected chi connectivity index (χ2v) is 6.87. The monoisotopic (exact) mass is 378 g/mol. The Morgan fingerprint density at radius 1 is 1.25 bits per heavy atom. The number of carbonyl (C=O) groups excluding carboxylic acids is 1. The molecule has 2 amide bonds. The first-order valence-electron chi connectivity index (χ1n) is 9.47. The molecule has 1 aliphatic rings. The summed E-state index contributed by atoms with van der Waals surface area (Å²) in [5, 5.41) is 14.5. The van der Waals surface area contributed by atoms with Gasteiger partial charge < -0.3 is 10.6 Å². The Balaban J connectivity index is 1.39. The Labute approximate surface area is 164 Å². The van der Waals surface area contributed by atoms with Crippen molar-refractivity contribution in [3.8, 4) is 6.07 Å². The Bertz CT molecular complexity index is 886. The number of carbonyl (C=O) groups is 1. The van der Waals surface area contributed by atoms with Gasteiger partial charge in [-0.3, -0.25) is 4.99 Å². The standard InChI is InChI=1S/C22H23FN4O/c23-19-8-6-16(7-9-19)13-18-10-12-25-21(18)5-2-11-26-22(28)27-20-4-1-3-17(14-20)15-24/h1,3-4,6-9,14,18H,2,5,10-13H2,(H2,26,27,28). The molecular weight excluding hydrogens is 355 g/mol. The lowest BCUT2D eigenvalue weighted by Gasteiger charge is -2.14. The van der Waals surface area contributed by atoms with Crippen molar-refractivity contribution in [2.45, 2.75) is 25.7 Å². The van der Waals surface area contributed by atoms with Crippen LogP contribution in [0.3, 0.4) is 0 Å². The van der Waals surface area contributed by atoms with Crippen molar-refractivity contribution in [2.75, 3.05) is 18.4 Å². The highest BCUT2D eigenvalue weighted by Gasteiger charge is 2.21. The molecule has 0 bridgehead atoms. The van der Waals surface area contributed by atoms with Gasteiger partial charge in [-0.05, 0) is 61.6 Å². The van der Waals surface area contributed by atoms with Gasteiger partial charge in [-0.25, -0.2) is 9.18 Å². The van der Waals surface area contributed by atoms with Gasteiger partial charge in [0.1, 0.15) is 5.82 Å². The van der Waals surface area contributed by atoms with E-state index in [1.807, 2.05) is 18.2 Å². The van der Waals surface area contributed by atoms with Crippen LogP contribution in [0.2, 0.25) is 0 Å².